The van der Waals surface area contributed by atoms with Crippen molar-refractivity contribution in [1.82, 2.24) is 20.2 Å². The van der Waals surface area contributed by atoms with Crippen LogP contribution in [0.1, 0.15) is 53.7 Å². The molecule has 9 heteroatoms. The Morgan fingerprint density at radius 1 is 1.03 bits per heavy atom. The number of benzene rings is 2. The fraction of sp³-hybridized carbons (Fsp3) is 0.259. The molecular weight excluding hydrogens is 495 g/mol. The van der Waals surface area contributed by atoms with E-state index >= 15 is 0 Å². The van der Waals surface area contributed by atoms with E-state index in [1.807, 2.05) is 29.3 Å². The first-order valence-electron chi connectivity index (χ1n) is 11.5. The zero-order chi connectivity index (χ0) is 25.5. The topological polar surface area (TPSA) is 97.7 Å². The molecule has 0 unspecified atom stereocenters. The lowest BCUT2D eigenvalue weighted by molar-refractivity contribution is 0.0744. The van der Waals surface area contributed by atoms with Crippen molar-refractivity contribution in [3.05, 3.63) is 69.3 Å². The highest BCUT2D eigenvalue weighted by molar-refractivity contribution is 6.35. The van der Waals surface area contributed by atoms with Gasteiger partial charge in [-0.05, 0) is 43.2 Å². The summed E-state index contributed by atoms with van der Waals surface area (Å²) in [6, 6.07) is 16.5. The second-order valence-electron chi connectivity index (χ2n) is 8.22. The van der Waals surface area contributed by atoms with Crippen LogP contribution in [0, 0.1) is 34.5 Å². The minimum Gasteiger partial charge on any atom is -0.283 e. The summed E-state index contributed by atoms with van der Waals surface area (Å²) in [5.74, 6) is 5.54. The molecule has 3 aromatic rings. The molecule has 0 spiro atoms. The van der Waals surface area contributed by atoms with E-state index in [9.17, 15) is 10.1 Å². The van der Waals surface area contributed by atoms with Crippen LogP contribution in [-0.4, -0.2) is 33.8 Å². The molecule has 1 fully saturated rings. The fourth-order valence-corrected chi connectivity index (χ4v) is 4.46. The number of hydrazine groups is 1. The van der Waals surface area contributed by atoms with Gasteiger partial charge in [0.05, 0.1) is 22.5 Å². The van der Waals surface area contributed by atoms with E-state index in [0.29, 0.717) is 39.8 Å². The van der Waals surface area contributed by atoms with E-state index < -0.39 is 5.91 Å². The van der Waals surface area contributed by atoms with Crippen molar-refractivity contribution in [1.29, 1.82) is 10.5 Å². The van der Waals surface area contributed by atoms with Crippen molar-refractivity contribution in [2.45, 2.75) is 32.1 Å². The monoisotopic (exact) mass is 516 g/mol. The Kier molecular flexibility index (Phi) is 8.26. The van der Waals surface area contributed by atoms with Crippen LogP contribution in [0.15, 0.2) is 42.5 Å². The van der Waals surface area contributed by atoms with Gasteiger partial charge in [0, 0.05) is 42.1 Å². The molecule has 0 atom stereocenters. The summed E-state index contributed by atoms with van der Waals surface area (Å²) in [6.45, 7) is 1.50. The molecule has 1 saturated heterocycles. The number of carbonyl (C=O) groups excluding carboxylic acids is 1. The molecule has 0 bridgehead atoms. The third-order valence-corrected chi connectivity index (χ3v) is 6.26. The maximum Gasteiger partial charge on any atom is 0.287 e. The number of amides is 1. The molecule has 0 saturated carbocycles. The van der Waals surface area contributed by atoms with Crippen molar-refractivity contribution in [3.63, 3.8) is 0 Å². The first-order valence-corrected chi connectivity index (χ1v) is 12.3. The maximum absolute atomic E-state index is 13.2. The quantitative estimate of drug-likeness (QED) is 0.356. The third kappa shape index (κ3) is 5.70. The molecule has 0 aliphatic carbocycles. The Balaban J connectivity index is 1.78. The predicted octanol–water partition coefficient (Wildman–Crippen LogP) is 5.50. The minimum absolute atomic E-state index is 0.0180. The van der Waals surface area contributed by atoms with E-state index in [2.05, 4.69) is 34.5 Å². The van der Waals surface area contributed by atoms with Gasteiger partial charge in [-0.3, -0.25) is 10.2 Å². The summed E-state index contributed by atoms with van der Waals surface area (Å²) in [5.41, 5.74) is 5.43. The Morgan fingerprint density at radius 3 is 2.44 bits per heavy atom. The number of nitrogens with one attached hydrogen (secondary N) is 1. The van der Waals surface area contributed by atoms with Crippen molar-refractivity contribution in [2.75, 3.05) is 13.1 Å². The highest BCUT2D eigenvalue weighted by Crippen LogP contribution is 2.33. The Hall–Kier alpha value is -3.80. The average molecular weight is 517 g/mol. The Labute approximate surface area is 219 Å². The van der Waals surface area contributed by atoms with E-state index in [4.69, 9.17) is 28.5 Å². The van der Waals surface area contributed by atoms with Crippen LogP contribution in [0.25, 0.3) is 16.9 Å². The molecular formula is C27H22Cl2N6O. The lowest BCUT2D eigenvalue weighted by atomic mass is 10.0. The highest BCUT2D eigenvalue weighted by Gasteiger charge is 2.27. The number of nitriles is 2. The largest absolute Gasteiger partial charge is 0.287 e. The van der Waals surface area contributed by atoms with E-state index in [0.717, 1.165) is 37.9 Å². The molecule has 2 aromatic carbocycles. The third-order valence-electron chi connectivity index (χ3n) is 5.72. The van der Waals surface area contributed by atoms with Crippen LogP contribution >= 0.6 is 23.2 Å². The molecule has 4 rings (SSSR count). The minimum atomic E-state index is -0.446. The number of hydrogen-bond acceptors (Lipinski definition) is 5. The lowest BCUT2D eigenvalue weighted by Crippen LogP contribution is -2.45. The van der Waals surface area contributed by atoms with Crippen LogP contribution in [0.3, 0.4) is 0 Å². The Morgan fingerprint density at radius 2 is 1.78 bits per heavy atom. The number of nitrogens with zero attached hydrogens (tertiary/aromatic N) is 5. The van der Waals surface area contributed by atoms with Gasteiger partial charge in [0.2, 0.25) is 0 Å². The first-order chi connectivity index (χ1) is 17.5. The van der Waals surface area contributed by atoms with Crippen LogP contribution in [0.4, 0.5) is 0 Å². The van der Waals surface area contributed by atoms with Gasteiger partial charge < -0.3 is 0 Å². The molecule has 1 aliphatic heterocycles. The van der Waals surface area contributed by atoms with Gasteiger partial charge in [-0.2, -0.15) is 15.6 Å². The normalized spacial score (nSPS) is 13.2. The zero-order valence-electron chi connectivity index (χ0n) is 19.4. The Bertz CT molecular complexity index is 1410. The maximum atomic E-state index is 13.2. The van der Waals surface area contributed by atoms with Crippen molar-refractivity contribution >= 4 is 29.1 Å². The molecule has 1 amide bonds. The summed E-state index contributed by atoms with van der Waals surface area (Å²) < 4.78 is 1.51. The van der Waals surface area contributed by atoms with Gasteiger partial charge in [-0.25, -0.2) is 9.69 Å². The van der Waals surface area contributed by atoms with Crippen LogP contribution in [0.5, 0.6) is 0 Å². The molecule has 1 aromatic heterocycles. The highest BCUT2D eigenvalue weighted by atomic mass is 35.5. The van der Waals surface area contributed by atoms with Crippen molar-refractivity contribution < 1.29 is 4.79 Å². The molecule has 0 radical (unpaired) electrons. The van der Waals surface area contributed by atoms with Crippen LogP contribution in [0.2, 0.25) is 10.0 Å². The van der Waals surface area contributed by atoms with Gasteiger partial charge in [0.25, 0.3) is 5.91 Å². The van der Waals surface area contributed by atoms with E-state index in [-0.39, 0.29) is 11.3 Å². The number of rotatable bonds is 5. The zero-order valence-corrected chi connectivity index (χ0v) is 20.9. The molecule has 36 heavy (non-hydrogen) atoms. The summed E-state index contributed by atoms with van der Waals surface area (Å²) >= 11 is 12.6. The molecule has 1 aliphatic rings. The van der Waals surface area contributed by atoms with Gasteiger partial charge in [0.15, 0.2) is 5.69 Å². The number of unbranched alkanes of at least 4 members (excludes halogenated alkanes) is 1. The number of carbonyl (C=O) groups is 1. The predicted molar refractivity (Wildman–Crippen MR) is 138 cm³/mol. The van der Waals surface area contributed by atoms with E-state index in [1.165, 1.54) is 4.68 Å². The second kappa shape index (κ2) is 11.8. The van der Waals surface area contributed by atoms with Gasteiger partial charge >= 0.3 is 0 Å². The lowest BCUT2D eigenvalue weighted by Gasteiger charge is -2.26. The van der Waals surface area contributed by atoms with Crippen molar-refractivity contribution in [3.8, 4) is 40.9 Å². The van der Waals surface area contributed by atoms with Crippen molar-refractivity contribution in [2.24, 2.45) is 0 Å². The molecule has 7 nitrogen and oxygen atoms in total. The number of piperidine rings is 1. The SMILES string of the molecule is N#CCCC#Cc1ccc(-c2c(C#N)c(C(=O)NN3CCCCC3)nn2-c2ccc(Cl)cc2Cl)cc1. The summed E-state index contributed by atoms with van der Waals surface area (Å²) in [4.78, 5) is 13.2. The summed E-state index contributed by atoms with van der Waals surface area (Å²) in [7, 11) is 0. The number of hydrogen-bond donors (Lipinski definition) is 1. The molecule has 1 N–H and O–H groups in total. The van der Waals surface area contributed by atoms with E-state index in [1.54, 1.807) is 18.2 Å². The summed E-state index contributed by atoms with van der Waals surface area (Å²) in [6.07, 6.45) is 3.99. The standard InChI is InChI=1S/C27H22Cl2N6O/c28-21-12-13-24(23(29)17-21)35-26(20-10-8-19(9-11-20)7-3-1-4-14-30)22(18-31)25(32-35)27(36)33-34-15-5-2-6-16-34/h8-13,17H,1-2,4-6,15-16H2,(H,33,36). The number of aromatic nitrogens is 2. The van der Waals surface area contributed by atoms with Gasteiger partial charge in [-0.15, -0.1) is 0 Å². The van der Waals surface area contributed by atoms with Gasteiger partial charge in [-0.1, -0.05) is 53.6 Å². The molecule has 180 valence electrons. The first kappa shape index (κ1) is 25.3. The fourth-order valence-electron chi connectivity index (χ4n) is 3.97. The van der Waals surface area contributed by atoms with Gasteiger partial charge in [0.1, 0.15) is 11.6 Å². The van der Waals surface area contributed by atoms with Crippen LogP contribution < -0.4 is 5.43 Å². The summed E-state index contributed by atoms with van der Waals surface area (Å²) in [5, 5.41) is 26.0. The second-order valence-corrected chi connectivity index (χ2v) is 9.06. The number of halogens is 2. The smallest absolute Gasteiger partial charge is 0.283 e. The van der Waals surface area contributed by atoms with Crippen LogP contribution in [-0.2, 0) is 0 Å². The molecule has 2 heterocycles. The average Bonchev–Trinajstić information content (AvgIpc) is 3.27.